The quantitative estimate of drug-likeness (QED) is 0.119. The number of ether oxygens (including phenoxy) is 1. The Morgan fingerprint density at radius 3 is 1.66 bits per heavy atom. The molecule has 5 nitrogen and oxygen atoms in total. The molecule has 41 heavy (non-hydrogen) atoms. The number of unbranched alkanes of at least 4 members (excludes halogenated alkanes) is 4. The molecule has 0 bridgehead atoms. The molecule has 2 fully saturated rings. The zero-order valence-electron chi connectivity index (χ0n) is 24.4. The number of rotatable bonds is 14. The number of hydrogen-bond donors (Lipinski definition) is 2. The van der Waals surface area contributed by atoms with E-state index in [4.69, 9.17) is 14.9 Å². The highest BCUT2D eigenvalue weighted by Crippen LogP contribution is 2.40. The SMILES string of the molecule is CC(=O)c1ccc(O)cc1.CC(=O)c1ccc(OCCCCCC2CCSS2)cc1.OCCCCCC1CCSS1. The predicted molar refractivity (Wildman–Crippen MR) is 181 cm³/mol. The van der Waals surface area contributed by atoms with Gasteiger partial charge in [0.25, 0.3) is 0 Å². The van der Waals surface area contributed by atoms with Crippen LogP contribution in [0.2, 0.25) is 0 Å². The second kappa shape index (κ2) is 22.3. The molecule has 2 atom stereocenters. The van der Waals surface area contributed by atoms with Crippen LogP contribution in [-0.4, -0.2) is 57.0 Å². The van der Waals surface area contributed by atoms with Gasteiger partial charge >= 0.3 is 0 Å². The number of ketones is 2. The summed E-state index contributed by atoms with van der Waals surface area (Å²) in [6.45, 7) is 4.21. The molecule has 228 valence electrons. The maximum Gasteiger partial charge on any atom is 0.159 e. The van der Waals surface area contributed by atoms with Gasteiger partial charge in [0.05, 0.1) is 6.61 Å². The molecular formula is C32H46O5S4. The van der Waals surface area contributed by atoms with Gasteiger partial charge < -0.3 is 14.9 Å². The van der Waals surface area contributed by atoms with Crippen molar-refractivity contribution in [3.63, 3.8) is 0 Å². The van der Waals surface area contributed by atoms with Gasteiger partial charge in [-0.05, 0) is 101 Å². The van der Waals surface area contributed by atoms with Crippen LogP contribution < -0.4 is 4.74 Å². The van der Waals surface area contributed by atoms with Crippen LogP contribution >= 0.6 is 43.2 Å². The molecule has 4 rings (SSSR count). The number of hydrogen-bond acceptors (Lipinski definition) is 9. The summed E-state index contributed by atoms with van der Waals surface area (Å²) in [7, 11) is 8.15. The van der Waals surface area contributed by atoms with Crippen LogP contribution in [0.5, 0.6) is 11.5 Å². The molecule has 2 heterocycles. The number of aliphatic hydroxyl groups is 1. The lowest BCUT2D eigenvalue weighted by Gasteiger charge is -2.08. The Balaban J connectivity index is 0.000000236. The molecule has 0 radical (unpaired) electrons. The van der Waals surface area contributed by atoms with Crippen molar-refractivity contribution in [2.75, 3.05) is 24.7 Å². The van der Waals surface area contributed by atoms with Crippen molar-refractivity contribution in [3.05, 3.63) is 59.7 Å². The van der Waals surface area contributed by atoms with Crippen molar-refractivity contribution in [2.45, 2.75) is 88.6 Å². The first-order valence-electron chi connectivity index (χ1n) is 14.6. The van der Waals surface area contributed by atoms with Crippen LogP contribution in [0, 0.1) is 0 Å². The first-order chi connectivity index (χ1) is 19.9. The van der Waals surface area contributed by atoms with Gasteiger partial charge in [-0.2, -0.15) is 0 Å². The minimum absolute atomic E-state index is 0.0139. The molecule has 0 saturated carbocycles. The van der Waals surface area contributed by atoms with Crippen LogP contribution in [0.1, 0.15) is 98.8 Å². The molecule has 0 aliphatic carbocycles. The van der Waals surface area contributed by atoms with Gasteiger partial charge in [0.15, 0.2) is 11.6 Å². The Hall–Kier alpha value is -1.26. The van der Waals surface area contributed by atoms with Gasteiger partial charge in [0.1, 0.15) is 11.5 Å². The van der Waals surface area contributed by atoms with E-state index in [1.165, 1.54) is 81.9 Å². The predicted octanol–water partition coefficient (Wildman–Crippen LogP) is 9.27. The third-order valence-corrected chi connectivity index (χ3v) is 12.6. The first-order valence-corrected chi connectivity index (χ1v) is 19.4. The van der Waals surface area contributed by atoms with Crippen LogP contribution in [-0.2, 0) is 0 Å². The van der Waals surface area contributed by atoms with Crippen LogP contribution in [0.25, 0.3) is 0 Å². The topological polar surface area (TPSA) is 83.8 Å². The second-order valence-electron chi connectivity index (χ2n) is 10.1. The first kappa shape index (κ1) is 35.9. The molecule has 0 aromatic heterocycles. The fourth-order valence-corrected chi connectivity index (χ4v) is 10.2. The van der Waals surface area contributed by atoms with Gasteiger partial charge in [-0.15, -0.1) is 0 Å². The van der Waals surface area contributed by atoms with Gasteiger partial charge in [0, 0.05) is 39.7 Å². The van der Waals surface area contributed by atoms with E-state index in [1.807, 2.05) is 45.9 Å². The van der Waals surface area contributed by atoms with Crippen LogP contribution in [0.4, 0.5) is 0 Å². The third kappa shape index (κ3) is 16.8. The monoisotopic (exact) mass is 638 g/mol. The number of phenolic OH excluding ortho intramolecular Hbond substituents is 1. The van der Waals surface area contributed by atoms with Gasteiger partial charge in [-0.3, -0.25) is 9.59 Å². The van der Waals surface area contributed by atoms with Crippen molar-refractivity contribution in [3.8, 4) is 11.5 Å². The number of carbonyl (C=O) groups excluding carboxylic acids is 2. The highest BCUT2D eigenvalue weighted by molar-refractivity contribution is 8.77. The lowest BCUT2D eigenvalue weighted by atomic mass is 10.1. The van der Waals surface area contributed by atoms with E-state index < -0.39 is 0 Å². The van der Waals surface area contributed by atoms with E-state index in [9.17, 15) is 9.59 Å². The lowest BCUT2D eigenvalue weighted by Crippen LogP contribution is -2.00. The molecule has 2 aromatic carbocycles. The number of Topliss-reactive ketones (excluding diaryl/α,β-unsaturated/α-hetero) is 2. The highest BCUT2D eigenvalue weighted by atomic mass is 33.1. The molecule has 2 unspecified atom stereocenters. The summed E-state index contributed by atoms with van der Waals surface area (Å²) in [5, 5.41) is 19.2. The van der Waals surface area contributed by atoms with E-state index >= 15 is 0 Å². The van der Waals surface area contributed by atoms with Crippen molar-refractivity contribution < 1.29 is 24.5 Å². The smallest absolute Gasteiger partial charge is 0.159 e. The molecule has 9 heteroatoms. The van der Waals surface area contributed by atoms with Gasteiger partial charge in [0.2, 0.25) is 0 Å². The summed E-state index contributed by atoms with van der Waals surface area (Å²) in [5.41, 5.74) is 1.36. The summed E-state index contributed by atoms with van der Waals surface area (Å²) in [6.07, 6.45) is 12.7. The Morgan fingerprint density at radius 1 is 0.732 bits per heavy atom. The molecule has 0 spiro atoms. The van der Waals surface area contributed by atoms with Gasteiger partial charge in [-0.1, -0.05) is 68.9 Å². The average Bonchev–Trinajstić information content (AvgIpc) is 3.69. The number of aromatic hydroxyl groups is 1. The lowest BCUT2D eigenvalue weighted by molar-refractivity contribution is 0.100. The normalized spacial score (nSPS) is 17.6. The molecule has 0 amide bonds. The van der Waals surface area contributed by atoms with Gasteiger partial charge in [-0.25, -0.2) is 0 Å². The van der Waals surface area contributed by atoms with Crippen molar-refractivity contribution >= 4 is 54.7 Å². The van der Waals surface area contributed by atoms with E-state index in [1.54, 1.807) is 19.1 Å². The van der Waals surface area contributed by atoms with E-state index in [2.05, 4.69) is 21.6 Å². The van der Waals surface area contributed by atoms with Crippen molar-refractivity contribution in [1.82, 2.24) is 0 Å². The minimum atomic E-state index is 0.0139. The molecular weight excluding hydrogens is 593 g/mol. The standard InChI is InChI=1S/C16H22O2S2.C8H8O2.C8H16OS2/c1-13(17)14-6-8-15(9-7-14)18-11-4-2-3-5-16-10-12-19-20-16;1-6(9)7-2-4-8(10)5-3-7;9-6-3-1-2-4-8-5-7-10-11-8/h6-9,16H,2-5,10-12H2,1H3;2-5,10H,1H3;8-9H,1-7H2. The second-order valence-corrected chi connectivity index (χ2v) is 15.7. The summed E-state index contributed by atoms with van der Waals surface area (Å²) < 4.78 is 5.69. The van der Waals surface area contributed by atoms with E-state index in [0.717, 1.165) is 41.3 Å². The fourth-order valence-electron chi connectivity index (χ4n) is 4.11. The number of aliphatic hydroxyl groups excluding tert-OH is 1. The zero-order chi connectivity index (χ0) is 29.7. The molecule has 2 N–H and O–H groups in total. The maximum absolute atomic E-state index is 11.2. The summed E-state index contributed by atoms with van der Waals surface area (Å²) in [5.74, 6) is 3.83. The summed E-state index contributed by atoms with van der Waals surface area (Å²) >= 11 is 0. The fraction of sp³-hybridized carbons (Fsp3) is 0.562. The molecule has 2 aromatic rings. The summed E-state index contributed by atoms with van der Waals surface area (Å²) in [6, 6.07) is 13.6. The Labute approximate surface area is 262 Å². The largest absolute Gasteiger partial charge is 0.508 e. The Morgan fingerprint density at radius 2 is 1.22 bits per heavy atom. The van der Waals surface area contributed by atoms with Crippen molar-refractivity contribution in [2.24, 2.45) is 0 Å². The maximum atomic E-state index is 11.2. The number of carbonyl (C=O) groups is 2. The molecule has 2 aliphatic rings. The number of phenols is 1. The Bertz CT molecular complexity index is 973. The van der Waals surface area contributed by atoms with E-state index in [0.29, 0.717) is 12.2 Å². The average molecular weight is 639 g/mol. The highest BCUT2D eigenvalue weighted by Gasteiger charge is 2.16. The molecule has 2 aliphatic heterocycles. The summed E-state index contributed by atoms with van der Waals surface area (Å²) in [4.78, 5) is 21.8. The Kier molecular flexibility index (Phi) is 19.5. The van der Waals surface area contributed by atoms with Crippen LogP contribution in [0.15, 0.2) is 48.5 Å². The minimum Gasteiger partial charge on any atom is -0.508 e. The molecule has 2 saturated heterocycles. The van der Waals surface area contributed by atoms with E-state index in [-0.39, 0.29) is 17.3 Å². The van der Waals surface area contributed by atoms with Crippen LogP contribution in [0.3, 0.4) is 0 Å². The van der Waals surface area contributed by atoms with Crippen molar-refractivity contribution in [1.29, 1.82) is 0 Å². The third-order valence-electron chi connectivity index (χ3n) is 6.61. The number of benzene rings is 2. The zero-order valence-corrected chi connectivity index (χ0v) is 27.7.